The molecule has 1 N–H and O–H groups in total. The van der Waals surface area contributed by atoms with E-state index in [9.17, 15) is 5.11 Å². The van der Waals surface area contributed by atoms with Gasteiger partial charge in [0.15, 0.2) is 0 Å². The fourth-order valence-corrected chi connectivity index (χ4v) is 1.49. The van der Waals surface area contributed by atoms with Gasteiger partial charge in [0.1, 0.15) is 5.82 Å². The molecule has 84 valence electrons. The molecule has 1 aromatic rings. The van der Waals surface area contributed by atoms with Crippen molar-refractivity contribution in [2.45, 2.75) is 46.0 Å². The predicted octanol–water partition coefficient (Wildman–Crippen LogP) is 2.39. The quantitative estimate of drug-likeness (QED) is 0.826. The van der Waals surface area contributed by atoms with E-state index < -0.39 is 0 Å². The zero-order valence-electron chi connectivity index (χ0n) is 9.99. The van der Waals surface area contributed by atoms with Crippen LogP contribution in [-0.2, 0) is 0 Å². The van der Waals surface area contributed by atoms with E-state index in [1.165, 1.54) is 0 Å². The third-order valence-electron chi connectivity index (χ3n) is 2.56. The Bertz CT molecular complexity index is 319. The molecule has 1 atom stereocenters. The molecular weight excluding hydrogens is 188 g/mol. The number of hydrogen-bond donors (Lipinski definition) is 1. The Labute approximate surface area is 91.6 Å². The maximum absolute atomic E-state index is 9.22. The average Bonchev–Trinajstić information content (AvgIpc) is 2.18. The maximum Gasteiger partial charge on any atom is 0.134 e. The number of nitrogens with zero attached hydrogens (tertiary/aromatic N) is 2. The highest BCUT2D eigenvalue weighted by Crippen LogP contribution is 2.19. The molecule has 1 rings (SSSR count). The first kappa shape index (κ1) is 12.1. The molecule has 0 spiro atoms. The molecule has 0 fully saturated rings. The lowest BCUT2D eigenvalue weighted by Gasteiger charge is -2.13. The van der Waals surface area contributed by atoms with Gasteiger partial charge < -0.3 is 5.11 Å². The minimum absolute atomic E-state index is 0.0717. The highest BCUT2D eigenvalue weighted by molar-refractivity contribution is 5.15. The smallest absolute Gasteiger partial charge is 0.134 e. The van der Waals surface area contributed by atoms with Crippen LogP contribution in [0.2, 0.25) is 0 Å². The summed E-state index contributed by atoms with van der Waals surface area (Å²) >= 11 is 0. The number of hydrogen-bond acceptors (Lipinski definition) is 3. The molecule has 3 heteroatoms. The van der Waals surface area contributed by atoms with Crippen molar-refractivity contribution >= 4 is 0 Å². The van der Waals surface area contributed by atoms with Gasteiger partial charge in [0.05, 0.1) is 6.61 Å². The third kappa shape index (κ3) is 2.99. The first-order valence-electron chi connectivity index (χ1n) is 5.54. The van der Waals surface area contributed by atoms with Crippen LogP contribution in [0.3, 0.4) is 0 Å². The second-order valence-electron chi connectivity index (χ2n) is 4.23. The molecule has 0 aliphatic rings. The number of aromatic nitrogens is 2. The van der Waals surface area contributed by atoms with Crippen LogP contribution >= 0.6 is 0 Å². The summed E-state index contributed by atoms with van der Waals surface area (Å²) in [6.45, 7) is 8.37. The third-order valence-corrected chi connectivity index (χ3v) is 2.56. The second kappa shape index (κ2) is 5.21. The number of aliphatic hydroxyl groups excluding tert-OH is 1. The lowest BCUT2D eigenvalue weighted by molar-refractivity contribution is 0.257. The number of rotatable bonds is 4. The molecule has 0 bridgehead atoms. The summed E-state index contributed by atoms with van der Waals surface area (Å²) in [6.07, 6.45) is 0.873. The Morgan fingerprint density at radius 3 is 2.47 bits per heavy atom. The van der Waals surface area contributed by atoms with Crippen LogP contribution in [0.5, 0.6) is 0 Å². The highest BCUT2D eigenvalue weighted by atomic mass is 16.3. The van der Waals surface area contributed by atoms with Gasteiger partial charge in [-0.1, -0.05) is 20.8 Å². The van der Waals surface area contributed by atoms with Crippen molar-refractivity contribution in [3.8, 4) is 0 Å². The van der Waals surface area contributed by atoms with Gasteiger partial charge in [0.25, 0.3) is 0 Å². The molecule has 0 saturated heterocycles. The van der Waals surface area contributed by atoms with Crippen LogP contribution in [0.1, 0.15) is 56.2 Å². The van der Waals surface area contributed by atoms with E-state index in [0.29, 0.717) is 5.92 Å². The minimum Gasteiger partial charge on any atom is -0.396 e. The molecule has 0 radical (unpaired) electrons. The molecule has 15 heavy (non-hydrogen) atoms. The van der Waals surface area contributed by atoms with Crippen molar-refractivity contribution in [3.63, 3.8) is 0 Å². The van der Waals surface area contributed by atoms with Crippen molar-refractivity contribution in [1.29, 1.82) is 0 Å². The molecule has 0 amide bonds. The number of aliphatic hydroxyl groups is 1. The maximum atomic E-state index is 9.22. The average molecular weight is 208 g/mol. The summed E-state index contributed by atoms with van der Waals surface area (Å²) in [5.41, 5.74) is 2.04. The Kier molecular flexibility index (Phi) is 4.21. The molecule has 3 nitrogen and oxygen atoms in total. The summed E-state index contributed by atoms with van der Waals surface area (Å²) in [6, 6.07) is 2.01. The Balaban J connectivity index is 3.07. The largest absolute Gasteiger partial charge is 0.396 e. The van der Waals surface area contributed by atoms with E-state index in [1.54, 1.807) is 0 Å². The van der Waals surface area contributed by atoms with Crippen molar-refractivity contribution < 1.29 is 5.11 Å². The topological polar surface area (TPSA) is 46.0 Å². The van der Waals surface area contributed by atoms with E-state index in [1.807, 2.05) is 19.9 Å². The van der Waals surface area contributed by atoms with Gasteiger partial charge in [-0.15, -0.1) is 0 Å². The van der Waals surface area contributed by atoms with Gasteiger partial charge in [-0.3, -0.25) is 0 Å². The SMILES string of the molecule is CCC(CO)c1nc(C)cc(C(C)C)n1. The fourth-order valence-electron chi connectivity index (χ4n) is 1.49. The van der Waals surface area contributed by atoms with Crippen LogP contribution < -0.4 is 0 Å². The van der Waals surface area contributed by atoms with Crippen LogP contribution in [0.25, 0.3) is 0 Å². The Morgan fingerprint density at radius 1 is 1.33 bits per heavy atom. The normalized spacial score (nSPS) is 13.2. The summed E-state index contributed by atoms with van der Waals surface area (Å²) in [4.78, 5) is 8.89. The molecule has 1 heterocycles. The van der Waals surface area contributed by atoms with Crippen LogP contribution in [-0.4, -0.2) is 21.7 Å². The standard InChI is InChI=1S/C12H20N2O/c1-5-10(7-15)12-13-9(4)6-11(14-12)8(2)3/h6,8,10,15H,5,7H2,1-4H3. The van der Waals surface area contributed by atoms with E-state index in [-0.39, 0.29) is 12.5 Å². The summed E-state index contributed by atoms with van der Waals surface area (Å²) in [5.74, 6) is 1.26. The van der Waals surface area contributed by atoms with Gasteiger partial charge in [0, 0.05) is 17.3 Å². The van der Waals surface area contributed by atoms with Gasteiger partial charge in [-0.2, -0.15) is 0 Å². The summed E-state index contributed by atoms with van der Waals surface area (Å²) < 4.78 is 0. The van der Waals surface area contributed by atoms with Crippen molar-refractivity contribution in [1.82, 2.24) is 9.97 Å². The van der Waals surface area contributed by atoms with E-state index in [0.717, 1.165) is 23.6 Å². The lowest BCUT2D eigenvalue weighted by atomic mass is 10.1. The van der Waals surface area contributed by atoms with Crippen LogP contribution in [0.4, 0.5) is 0 Å². The number of aryl methyl sites for hydroxylation is 1. The first-order chi connectivity index (χ1) is 7.08. The van der Waals surface area contributed by atoms with Crippen molar-refractivity contribution in [2.24, 2.45) is 0 Å². The summed E-state index contributed by atoms with van der Waals surface area (Å²) in [7, 11) is 0. The van der Waals surface area contributed by atoms with Crippen molar-refractivity contribution in [3.05, 3.63) is 23.3 Å². The molecule has 0 aliphatic carbocycles. The van der Waals surface area contributed by atoms with Gasteiger partial charge in [0.2, 0.25) is 0 Å². The summed E-state index contributed by atoms with van der Waals surface area (Å²) in [5, 5.41) is 9.22. The van der Waals surface area contributed by atoms with Gasteiger partial charge in [-0.05, 0) is 25.3 Å². The lowest BCUT2D eigenvalue weighted by Crippen LogP contribution is -2.11. The van der Waals surface area contributed by atoms with Gasteiger partial charge in [-0.25, -0.2) is 9.97 Å². The molecule has 0 aromatic carbocycles. The second-order valence-corrected chi connectivity index (χ2v) is 4.23. The molecule has 0 aliphatic heterocycles. The van der Waals surface area contributed by atoms with Crippen molar-refractivity contribution in [2.75, 3.05) is 6.61 Å². The van der Waals surface area contributed by atoms with E-state index in [2.05, 4.69) is 23.8 Å². The Morgan fingerprint density at radius 2 is 2.00 bits per heavy atom. The minimum atomic E-state index is 0.0717. The molecule has 1 unspecified atom stereocenters. The molecular formula is C12H20N2O. The monoisotopic (exact) mass is 208 g/mol. The molecule has 1 aromatic heterocycles. The molecule has 0 saturated carbocycles. The fraction of sp³-hybridized carbons (Fsp3) is 0.667. The van der Waals surface area contributed by atoms with E-state index in [4.69, 9.17) is 0 Å². The predicted molar refractivity (Wildman–Crippen MR) is 61.0 cm³/mol. The Hall–Kier alpha value is -0.960. The zero-order chi connectivity index (χ0) is 11.4. The van der Waals surface area contributed by atoms with Gasteiger partial charge >= 0.3 is 0 Å². The first-order valence-corrected chi connectivity index (χ1v) is 5.54. The zero-order valence-corrected chi connectivity index (χ0v) is 9.99. The van der Waals surface area contributed by atoms with E-state index >= 15 is 0 Å². The highest BCUT2D eigenvalue weighted by Gasteiger charge is 2.13. The van der Waals surface area contributed by atoms with Crippen LogP contribution in [0, 0.1) is 6.92 Å². The van der Waals surface area contributed by atoms with Crippen LogP contribution in [0.15, 0.2) is 6.07 Å².